The van der Waals surface area contributed by atoms with Gasteiger partial charge in [0.15, 0.2) is 0 Å². The van der Waals surface area contributed by atoms with Gasteiger partial charge in [0.2, 0.25) is 0 Å². The summed E-state index contributed by atoms with van der Waals surface area (Å²) in [6.45, 7) is 1.57. The molecule has 1 aromatic carbocycles. The first kappa shape index (κ1) is 10.6. The van der Waals surface area contributed by atoms with Crippen LogP contribution in [0.25, 0.3) is 10.9 Å². The van der Waals surface area contributed by atoms with Gasteiger partial charge in [-0.25, -0.2) is 4.57 Å². The van der Waals surface area contributed by atoms with E-state index in [1.807, 2.05) is 12.1 Å². The van der Waals surface area contributed by atoms with Gasteiger partial charge in [0.1, 0.15) is 0 Å². The quantitative estimate of drug-likeness (QED) is 0.773. The number of nitrogens with zero attached hydrogens (tertiary/aromatic N) is 1. The van der Waals surface area contributed by atoms with Crippen molar-refractivity contribution in [1.82, 2.24) is 4.57 Å². The number of benzene rings is 1. The molecule has 16 heavy (non-hydrogen) atoms. The van der Waals surface area contributed by atoms with Crippen LogP contribution in [0.15, 0.2) is 41.2 Å². The fourth-order valence-electron chi connectivity index (χ4n) is 1.62. The van der Waals surface area contributed by atoms with Crippen LogP contribution < -0.4 is 11.3 Å². The first-order chi connectivity index (χ1) is 7.61. The largest absolute Gasteiger partial charge is 0.320 e. The van der Waals surface area contributed by atoms with Crippen LogP contribution in [-0.4, -0.2) is 16.5 Å². The van der Waals surface area contributed by atoms with Gasteiger partial charge < -0.3 is 5.73 Å². The van der Waals surface area contributed by atoms with Crippen molar-refractivity contribution < 1.29 is 4.79 Å². The number of rotatable bonds is 1. The second-order valence-corrected chi connectivity index (χ2v) is 3.69. The first-order valence-electron chi connectivity index (χ1n) is 5.02. The topological polar surface area (TPSA) is 65.1 Å². The zero-order chi connectivity index (χ0) is 11.7. The maximum absolute atomic E-state index is 11.8. The molecule has 0 radical (unpaired) electrons. The van der Waals surface area contributed by atoms with Gasteiger partial charge in [0, 0.05) is 6.07 Å². The predicted octanol–water partition coefficient (Wildman–Crippen LogP) is 0.989. The highest BCUT2D eigenvalue weighted by Gasteiger charge is 2.14. The van der Waals surface area contributed by atoms with Crippen molar-refractivity contribution in [1.29, 1.82) is 0 Å². The van der Waals surface area contributed by atoms with Crippen molar-refractivity contribution in [2.75, 3.05) is 0 Å². The lowest BCUT2D eigenvalue weighted by molar-refractivity contribution is 0.0888. The molecule has 0 unspecified atom stereocenters. The maximum atomic E-state index is 11.8. The van der Waals surface area contributed by atoms with E-state index in [0.717, 1.165) is 9.95 Å². The predicted molar refractivity (Wildman–Crippen MR) is 62.5 cm³/mol. The standard InChI is InChI=1S/C12H12N2O2/c1-8(13)12(16)14-10-5-3-2-4-9(10)6-7-11(14)15/h2-8H,13H2,1H3/t8-/m1/s1. The molecule has 0 aliphatic carbocycles. The van der Waals surface area contributed by atoms with E-state index in [4.69, 9.17) is 5.73 Å². The van der Waals surface area contributed by atoms with Gasteiger partial charge in [0.05, 0.1) is 11.6 Å². The summed E-state index contributed by atoms with van der Waals surface area (Å²) in [7, 11) is 0. The second kappa shape index (κ2) is 3.90. The van der Waals surface area contributed by atoms with Crippen LogP contribution in [0.1, 0.15) is 11.7 Å². The van der Waals surface area contributed by atoms with Gasteiger partial charge in [0.25, 0.3) is 11.5 Å². The Hall–Kier alpha value is -1.94. The molecule has 4 heteroatoms. The van der Waals surface area contributed by atoms with Gasteiger partial charge in [-0.15, -0.1) is 0 Å². The van der Waals surface area contributed by atoms with Gasteiger partial charge in [-0.3, -0.25) is 9.59 Å². The Bertz CT molecular complexity index is 599. The monoisotopic (exact) mass is 216 g/mol. The fraction of sp³-hybridized carbons (Fsp3) is 0.167. The molecule has 0 fully saturated rings. The van der Waals surface area contributed by atoms with Crippen molar-refractivity contribution in [3.05, 3.63) is 46.8 Å². The summed E-state index contributed by atoms with van der Waals surface area (Å²) in [5.41, 5.74) is 5.77. The average molecular weight is 216 g/mol. The third kappa shape index (κ3) is 1.63. The SMILES string of the molecule is C[C@@H](N)C(=O)n1c(=O)ccc2ccccc21. The average Bonchev–Trinajstić information content (AvgIpc) is 2.28. The molecule has 1 atom stereocenters. The molecule has 2 N–H and O–H groups in total. The Balaban J connectivity index is 2.81. The summed E-state index contributed by atoms with van der Waals surface area (Å²) in [6, 6.07) is 9.60. The van der Waals surface area contributed by atoms with E-state index >= 15 is 0 Å². The summed E-state index contributed by atoms with van der Waals surface area (Å²) in [5, 5.41) is 0.844. The number of carbonyl (C=O) groups excluding carboxylic acids is 1. The number of pyridine rings is 1. The molecule has 1 heterocycles. The smallest absolute Gasteiger partial charge is 0.257 e. The number of aromatic nitrogens is 1. The van der Waals surface area contributed by atoms with Crippen LogP contribution in [0.5, 0.6) is 0 Å². The number of fused-ring (bicyclic) bond motifs is 1. The van der Waals surface area contributed by atoms with Crippen molar-refractivity contribution in [3.8, 4) is 0 Å². The minimum atomic E-state index is -0.691. The number of carbonyl (C=O) groups is 1. The van der Waals surface area contributed by atoms with Crippen LogP contribution in [-0.2, 0) is 0 Å². The van der Waals surface area contributed by atoms with Crippen molar-refractivity contribution in [2.45, 2.75) is 13.0 Å². The van der Waals surface area contributed by atoms with Gasteiger partial charge in [-0.2, -0.15) is 0 Å². The van der Waals surface area contributed by atoms with E-state index in [2.05, 4.69) is 0 Å². The molecule has 4 nitrogen and oxygen atoms in total. The van der Waals surface area contributed by atoms with E-state index in [9.17, 15) is 9.59 Å². The summed E-state index contributed by atoms with van der Waals surface area (Å²) in [6.07, 6.45) is 0. The Labute approximate surface area is 92.3 Å². The highest BCUT2D eigenvalue weighted by molar-refractivity contribution is 5.93. The highest BCUT2D eigenvalue weighted by atomic mass is 16.2. The van der Waals surface area contributed by atoms with E-state index in [0.29, 0.717) is 5.52 Å². The van der Waals surface area contributed by atoms with E-state index in [1.165, 1.54) is 6.07 Å². The lowest BCUT2D eigenvalue weighted by Crippen LogP contribution is -2.37. The zero-order valence-electron chi connectivity index (χ0n) is 8.88. The summed E-state index contributed by atoms with van der Waals surface area (Å²) in [5.74, 6) is -0.387. The minimum Gasteiger partial charge on any atom is -0.320 e. The zero-order valence-corrected chi connectivity index (χ0v) is 8.88. The molecule has 0 amide bonds. The highest BCUT2D eigenvalue weighted by Crippen LogP contribution is 2.10. The molecule has 0 saturated carbocycles. The lowest BCUT2D eigenvalue weighted by Gasteiger charge is -2.10. The summed E-state index contributed by atoms with van der Waals surface area (Å²) < 4.78 is 1.12. The van der Waals surface area contributed by atoms with E-state index in [-0.39, 0.29) is 11.5 Å². The minimum absolute atomic E-state index is 0.346. The summed E-state index contributed by atoms with van der Waals surface area (Å²) >= 11 is 0. The summed E-state index contributed by atoms with van der Waals surface area (Å²) in [4.78, 5) is 23.5. The van der Waals surface area contributed by atoms with Gasteiger partial charge >= 0.3 is 0 Å². The molecule has 0 aliphatic heterocycles. The van der Waals surface area contributed by atoms with Crippen LogP contribution in [0, 0.1) is 0 Å². The van der Waals surface area contributed by atoms with E-state index in [1.54, 1.807) is 25.1 Å². The molecular weight excluding hydrogens is 204 g/mol. The van der Waals surface area contributed by atoms with Crippen LogP contribution in [0.2, 0.25) is 0 Å². The Morgan fingerprint density at radius 2 is 1.94 bits per heavy atom. The lowest BCUT2D eigenvalue weighted by atomic mass is 10.2. The Morgan fingerprint density at radius 1 is 1.25 bits per heavy atom. The molecule has 0 spiro atoms. The van der Waals surface area contributed by atoms with Crippen molar-refractivity contribution in [3.63, 3.8) is 0 Å². The molecule has 1 aromatic heterocycles. The molecular formula is C12H12N2O2. The van der Waals surface area contributed by atoms with Crippen molar-refractivity contribution >= 4 is 16.8 Å². The number of hydrogen-bond donors (Lipinski definition) is 1. The van der Waals surface area contributed by atoms with Crippen LogP contribution in [0.4, 0.5) is 0 Å². The second-order valence-electron chi connectivity index (χ2n) is 3.69. The Kier molecular flexibility index (Phi) is 2.58. The molecule has 0 aliphatic rings. The van der Waals surface area contributed by atoms with Gasteiger partial charge in [-0.1, -0.05) is 18.2 Å². The van der Waals surface area contributed by atoms with Crippen LogP contribution >= 0.6 is 0 Å². The third-order valence-electron chi connectivity index (χ3n) is 2.41. The van der Waals surface area contributed by atoms with E-state index < -0.39 is 6.04 Å². The molecule has 2 rings (SSSR count). The van der Waals surface area contributed by atoms with Crippen molar-refractivity contribution in [2.24, 2.45) is 5.73 Å². The normalized spacial score (nSPS) is 12.6. The maximum Gasteiger partial charge on any atom is 0.257 e. The number of hydrogen-bond acceptors (Lipinski definition) is 3. The van der Waals surface area contributed by atoms with Crippen LogP contribution in [0.3, 0.4) is 0 Å². The molecule has 2 aromatic rings. The molecule has 0 saturated heterocycles. The fourth-order valence-corrected chi connectivity index (χ4v) is 1.62. The molecule has 82 valence electrons. The first-order valence-corrected chi connectivity index (χ1v) is 5.02. The number of para-hydroxylation sites is 1. The Morgan fingerprint density at radius 3 is 2.62 bits per heavy atom. The third-order valence-corrected chi connectivity index (χ3v) is 2.41. The van der Waals surface area contributed by atoms with Gasteiger partial charge in [-0.05, 0) is 24.4 Å². The molecule has 0 bridgehead atoms. The number of nitrogens with two attached hydrogens (primary N) is 1.